The zero-order chi connectivity index (χ0) is 13.1. The van der Waals surface area contributed by atoms with Gasteiger partial charge in [-0.3, -0.25) is 0 Å². The highest BCUT2D eigenvalue weighted by atomic mass is 35.5. The summed E-state index contributed by atoms with van der Waals surface area (Å²) < 4.78 is 0. The first-order valence-corrected chi connectivity index (χ1v) is 7.36. The molecule has 0 aliphatic rings. The van der Waals surface area contributed by atoms with Crippen LogP contribution in [0.1, 0.15) is 16.3 Å². The van der Waals surface area contributed by atoms with Crippen molar-refractivity contribution in [3.8, 4) is 0 Å². The summed E-state index contributed by atoms with van der Waals surface area (Å²) in [7, 11) is 2.01. The van der Waals surface area contributed by atoms with Crippen LogP contribution in [-0.4, -0.2) is 12.0 Å². The topological polar surface area (TPSA) is 16.1 Å². The first-order valence-electron chi connectivity index (χ1n) is 5.57. The summed E-state index contributed by atoms with van der Waals surface area (Å²) in [5, 5.41) is 3.88. The van der Waals surface area contributed by atoms with Gasteiger partial charge < -0.3 is 4.90 Å². The van der Waals surface area contributed by atoms with E-state index in [0.717, 1.165) is 33.5 Å². The molecule has 18 heavy (non-hydrogen) atoms. The molecule has 0 saturated carbocycles. The van der Waals surface area contributed by atoms with E-state index in [9.17, 15) is 0 Å². The van der Waals surface area contributed by atoms with E-state index in [2.05, 4.69) is 15.3 Å². The minimum Gasteiger partial charge on any atom is -0.367 e. The van der Waals surface area contributed by atoms with Crippen LogP contribution in [0.25, 0.3) is 0 Å². The molecule has 0 aliphatic carbocycles. The molecule has 0 spiro atoms. The lowest BCUT2D eigenvalue weighted by Gasteiger charge is -2.22. The zero-order valence-corrected chi connectivity index (χ0v) is 12.6. The predicted molar refractivity (Wildman–Crippen MR) is 80.0 cm³/mol. The Morgan fingerprint density at radius 3 is 2.78 bits per heavy atom. The maximum Gasteiger partial charge on any atom is 0.0898 e. The lowest BCUT2D eigenvalue weighted by atomic mass is 10.2. The fourth-order valence-corrected chi connectivity index (χ4v) is 3.06. The van der Waals surface area contributed by atoms with Crippen molar-refractivity contribution in [1.29, 1.82) is 0 Å². The third-order valence-corrected chi connectivity index (χ3v) is 4.08. The molecule has 2 rings (SSSR count). The summed E-state index contributed by atoms with van der Waals surface area (Å²) in [6, 6.07) is 5.80. The monoisotopic (exact) mass is 300 g/mol. The van der Waals surface area contributed by atoms with Gasteiger partial charge in [-0.1, -0.05) is 23.7 Å². The maximum atomic E-state index is 6.26. The molecule has 0 bridgehead atoms. The van der Waals surface area contributed by atoms with Gasteiger partial charge in [-0.05, 0) is 18.6 Å². The highest BCUT2D eigenvalue weighted by Crippen LogP contribution is 2.31. The van der Waals surface area contributed by atoms with Crippen molar-refractivity contribution in [3.63, 3.8) is 0 Å². The zero-order valence-electron chi connectivity index (χ0n) is 10.3. The van der Waals surface area contributed by atoms with Crippen LogP contribution < -0.4 is 4.90 Å². The average Bonchev–Trinajstić information content (AvgIpc) is 2.74. The molecule has 0 N–H and O–H groups in total. The molecule has 0 atom stereocenters. The SMILES string of the molecule is Cc1nc(CN(C)c2c(Cl)cccc2CCl)cs1. The number of rotatable bonds is 4. The van der Waals surface area contributed by atoms with Gasteiger partial charge in [0.25, 0.3) is 0 Å². The first-order chi connectivity index (χ1) is 8.61. The van der Waals surface area contributed by atoms with Crippen molar-refractivity contribution < 1.29 is 0 Å². The van der Waals surface area contributed by atoms with E-state index in [1.807, 2.05) is 32.2 Å². The molecule has 5 heteroatoms. The van der Waals surface area contributed by atoms with Gasteiger partial charge in [0.1, 0.15) is 0 Å². The number of thiazole rings is 1. The van der Waals surface area contributed by atoms with Crippen molar-refractivity contribution in [3.05, 3.63) is 44.9 Å². The Morgan fingerprint density at radius 2 is 2.17 bits per heavy atom. The number of anilines is 1. The molecule has 2 aromatic rings. The minimum absolute atomic E-state index is 0.455. The number of benzene rings is 1. The number of halogens is 2. The highest BCUT2D eigenvalue weighted by molar-refractivity contribution is 7.09. The number of hydrogen-bond donors (Lipinski definition) is 0. The van der Waals surface area contributed by atoms with Crippen LogP contribution in [0.5, 0.6) is 0 Å². The summed E-state index contributed by atoms with van der Waals surface area (Å²) in [6.07, 6.45) is 0. The second-order valence-corrected chi connectivity index (χ2v) is 5.83. The minimum atomic E-state index is 0.455. The van der Waals surface area contributed by atoms with Crippen LogP contribution >= 0.6 is 34.5 Å². The van der Waals surface area contributed by atoms with Crippen LogP contribution in [-0.2, 0) is 12.4 Å². The average molecular weight is 301 g/mol. The second-order valence-electron chi connectivity index (χ2n) is 4.10. The van der Waals surface area contributed by atoms with E-state index < -0.39 is 0 Å². The number of nitrogens with zero attached hydrogens (tertiary/aromatic N) is 2. The molecule has 0 saturated heterocycles. The number of alkyl halides is 1. The van der Waals surface area contributed by atoms with Gasteiger partial charge in [-0.25, -0.2) is 4.98 Å². The summed E-state index contributed by atoms with van der Waals surface area (Å²) in [5.41, 5.74) is 3.08. The van der Waals surface area contributed by atoms with Gasteiger partial charge in [0.2, 0.25) is 0 Å². The van der Waals surface area contributed by atoms with E-state index in [1.165, 1.54) is 0 Å². The summed E-state index contributed by atoms with van der Waals surface area (Å²) >= 11 is 13.9. The summed E-state index contributed by atoms with van der Waals surface area (Å²) in [6.45, 7) is 2.74. The lowest BCUT2D eigenvalue weighted by molar-refractivity contribution is 0.885. The molecule has 2 nitrogen and oxygen atoms in total. The van der Waals surface area contributed by atoms with E-state index in [-0.39, 0.29) is 0 Å². The normalized spacial score (nSPS) is 10.7. The van der Waals surface area contributed by atoms with Gasteiger partial charge in [0, 0.05) is 18.3 Å². The first kappa shape index (κ1) is 13.7. The van der Waals surface area contributed by atoms with Gasteiger partial charge in [-0.2, -0.15) is 0 Å². The van der Waals surface area contributed by atoms with Crippen LogP contribution in [0.3, 0.4) is 0 Å². The summed E-state index contributed by atoms with van der Waals surface area (Å²) in [5.74, 6) is 0.455. The Balaban J connectivity index is 2.25. The number of aromatic nitrogens is 1. The Labute approximate surface area is 121 Å². The second kappa shape index (κ2) is 5.91. The van der Waals surface area contributed by atoms with E-state index in [0.29, 0.717) is 5.88 Å². The molecule has 0 fully saturated rings. The lowest BCUT2D eigenvalue weighted by Crippen LogP contribution is -2.18. The van der Waals surface area contributed by atoms with E-state index in [4.69, 9.17) is 23.2 Å². The number of para-hydroxylation sites is 1. The number of hydrogen-bond acceptors (Lipinski definition) is 3. The molecular formula is C13H14Cl2N2S. The fourth-order valence-electron chi connectivity index (χ4n) is 1.90. The standard InChI is InChI=1S/C13H14Cl2N2S/c1-9-16-11(8-18-9)7-17(2)13-10(6-14)4-3-5-12(13)15/h3-5,8H,6-7H2,1-2H3. The molecular weight excluding hydrogens is 287 g/mol. The Morgan fingerprint density at radius 1 is 1.39 bits per heavy atom. The molecule has 0 aliphatic heterocycles. The van der Waals surface area contributed by atoms with Crippen LogP contribution in [0.15, 0.2) is 23.6 Å². The third-order valence-electron chi connectivity index (χ3n) is 2.66. The van der Waals surface area contributed by atoms with Crippen molar-refractivity contribution in [2.75, 3.05) is 11.9 Å². The largest absolute Gasteiger partial charge is 0.367 e. The van der Waals surface area contributed by atoms with Gasteiger partial charge in [0.05, 0.1) is 28.0 Å². The van der Waals surface area contributed by atoms with Gasteiger partial charge in [-0.15, -0.1) is 22.9 Å². The van der Waals surface area contributed by atoms with Crippen LogP contribution in [0.2, 0.25) is 5.02 Å². The number of aryl methyl sites for hydroxylation is 1. The van der Waals surface area contributed by atoms with Gasteiger partial charge in [0.15, 0.2) is 0 Å². The third kappa shape index (κ3) is 2.97. The van der Waals surface area contributed by atoms with Crippen LogP contribution in [0.4, 0.5) is 5.69 Å². The predicted octanol–water partition coefficient (Wildman–Crippen LogP) is 4.48. The van der Waals surface area contributed by atoms with Gasteiger partial charge >= 0.3 is 0 Å². The van der Waals surface area contributed by atoms with Crippen molar-refractivity contribution in [2.24, 2.45) is 0 Å². The molecule has 0 unspecified atom stereocenters. The Kier molecular flexibility index (Phi) is 4.49. The van der Waals surface area contributed by atoms with E-state index in [1.54, 1.807) is 11.3 Å². The molecule has 1 aromatic carbocycles. The fraction of sp³-hybridized carbons (Fsp3) is 0.308. The van der Waals surface area contributed by atoms with E-state index >= 15 is 0 Å². The molecule has 96 valence electrons. The molecule has 1 heterocycles. The smallest absolute Gasteiger partial charge is 0.0898 e. The highest BCUT2D eigenvalue weighted by Gasteiger charge is 2.12. The maximum absolute atomic E-state index is 6.26. The molecule has 0 radical (unpaired) electrons. The summed E-state index contributed by atoms with van der Waals surface area (Å²) in [4.78, 5) is 6.55. The quantitative estimate of drug-likeness (QED) is 0.774. The van der Waals surface area contributed by atoms with Crippen molar-refractivity contribution >= 4 is 40.2 Å². The molecule has 1 aromatic heterocycles. The Bertz CT molecular complexity index is 540. The molecule has 0 amide bonds. The van der Waals surface area contributed by atoms with Crippen molar-refractivity contribution in [1.82, 2.24) is 4.98 Å². The van der Waals surface area contributed by atoms with Crippen molar-refractivity contribution in [2.45, 2.75) is 19.3 Å². The van der Waals surface area contributed by atoms with Crippen LogP contribution in [0, 0.1) is 6.92 Å². The Hall–Kier alpha value is -0.770.